The highest BCUT2D eigenvalue weighted by atomic mass is 35.5. The molecule has 0 atom stereocenters. The number of halogens is 1. The quantitative estimate of drug-likeness (QED) is 0.0116. The largest absolute Gasteiger partial charge is 0.493 e. The Morgan fingerprint density at radius 3 is 1.98 bits per heavy atom. The molecule has 3 heterocycles. The average molecular weight is 1330 g/mol. The van der Waals surface area contributed by atoms with Crippen LogP contribution in [0.15, 0.2) is 110 Å². The van der Waals surface area contributed by atoms with Gasteiger partial charge in [0.15, 0.2) is 17.6 Å². The molecule has 5 aromatic carbocycles. The van der Waals surface area contributed by atoms with Crippen LogP contribution in [-0.4, -0.2) is 127 Å². The number of hydrogen-bond donors (Lipinski definition) is 7. The number of ether oxygens (including phenoxy) is 1. The van der Waals surface area contributed by atoms with Gasteiger partial charge >= 0.3 is 0 Å². The summed E-state index contributed by atoms with van der Waals surface area (Å²) in [6, 6.07) is 11.0. The van der Waals surface area contributed by atoms with Crippen LogP contribution in [0.3, 0.4) is 0 Å². The number of aryl methyl sites for hydroxylation is 1. The number of azo groups is 3. The smallest absolute Gasteiger partial charge is 0.298 e. The van der Waals surface area contributed by atoms with E-state index in [4.69, 9.17) is 16.3 Å². The Balaban J connectivity index is 1.23. The van der Waals surface area contributed by atoms with Crippen molar-refractivity contribution in [1.82, 2.24) is 14.4 Å². The lowest BCUT2D eigenvalue weighted by atomic mass is 10.1. The molecule has 8 rings (SSSR count). The van der Waals surface area contributed by atoms with Crippen LogP contribution in [-0.2, 0) is 60.7 Å². The Labute approximate surface area is 486 Å². The zero-order valence-corrected chi connectivity index (χ0v) is 49.3. The number of benzene rings is 5. The summed E-state index contributed by atoms with van der Waals surface area (Å²) >= 11 is 7.55. The first kappa shape index (κ1) is 62.9. The minimum atomic E-state index is -5.35. The number of nitriles is 1. The van der Waals surface area contributed by atoms with E-state index in [9.17, 15) is 93.0 Å². The van der Waals surface area contributed by atoms with Crippen LogP contribution >= 0.6 is 34.7 Å². The molecular weight excluding hydrogens is 1300 g/mol. The molecule has 40 heteroatoms. The molecule has 442 valence electrons. The highest BCUT2D eigenvalue weighted by molar-refractivity contribution is 7.99. The Kier molecular flexibility index (Phi) is 17.5. The molecule has 0 saturated heterocycles. The van der Waals surface area contributed by atoms with Crippen molar-refractivity contribution in [3.63, 3.8) is 0 Å². The highest BCUT2D eigenvalue weighted by Crippen LogP contribution is 2.46. The van der Waals surface area contributed by atoms with E-state index in [-0.39, 0.29) is 96.7 Å². The molecule has 0 fully saturated rings. The Bertz CT molecular complexity index is 5010. The summed E-state index contributed by atoms with van der Waals surface area (Å²) in [6.07, 6.45) is -0.118. The standard InChI is InChI=1S/C44H35ClN10O21S8/c1-20-11-31(51-53-37-21(2)26(18-46)42-47-28-6-5-27(45)41(84(73,74)75)39(28)55(42)43(37)57)33(76-7-3-9-79(58,59)60)16-29(20)49-52-32-12-22(19-56)30(17-34(32)77-8-4-10-80(61,62)63)50-54-44-48-38-36(83(70,71)72)15-24-25(40(38)78-44)13-23(81(64,65)66)14-35(24)82(67,68)69/h5-6,11-17,19,57H,3-4,7-10H2,1-2H3,(H,58,59,60)(H,61,62,63)(H,64,65,66)(H,67,68,69)(H,70,71,72)(H,73,74,75). The van der Waals surface area contributed by atoms with Crippen LogP contribution in [0, 0.1) is 25.2 Å². The van der Waals surface area contributed by atoms with Crippen molar-refractivity contribution in [2.75, 3.05) is 23.9 Å². The molecule has 7 N–H and O–H groups in total. The maximum atomic E-state index is 12.7. The summed E-state index contributed by atoms with van der Waals surface area (Å²) in [5.74, 6) is -2.46. The van der Waals surface area contributed by atoms with E-state index < -0.39 is 135 Å². The lowest BCUT2D eigenvalue weighted by molar-refractivity contribution is 0.112. The van der Waals surface area contributed by atoms with Crippen molar-refractivity contribution in [3.05, 3.63) is 81.9 Å². The van der Waals surface area contributed by atoms with Gasteiger partial charge in [0.2, 0.25) is 11.0 Å². The Hall–Kier alpha value is -7.14. The number of aldehydes is 1. The Morgan fingerprint density at radius 2 is 1.36 bits per heavy atom. The van der Waals surface area contributed by atoms with E-state index in [2.05, 4.69) is 40.7 Å². The molecule has 0 bridgehead atoms. The van der Waals surface area contributed by atoms with Crippen LogP contribution in [0.4, 0.5) is 33.6 Å². The topological polar surface area (TPSA) is 501 Å². The second kappa shape index (κ2) is 23.4. The van der Waals surface area contributed by atoms with Crippen LogP contribution in [0.1, 0.15) is 39.9 Å². The molecule has 31 nitrogen and oxygen atoms in total. The third kappa shape index (κ3) is 13.7. The van der Waals surface area contributed by atoms with Gasteiger partial charge in [-0.1, -0.05) is 22.9 Å². The molecule has 84 heavy (non-hydrogen) atoms. The summed E-state index contributed by atoms with van der Waals surface area (Å²) in [4.78, 5) is 17.0. The molecule has 0 aliphatic rings. The van der Waals surface area contributed by atoms with Gasteiger partial charge in [0, 0.05) is 32.9 Å². The maximum Gasteiger partial charge on any atom is 0.298 e. The summed E-state index contributed by atoms with van der Waals surface area (Å²) < 4.78 is 211. The van der Waals surface area contributed by atoms with Crippen LogP contribution in [0.25, 0.3) is 37.7 Å². The van der Waals surface area contributed by atoms with Gasteiger partial charge in [-0.05, 0) is 86.5 Å². The fourth-order valence-corrected chi connectivity index (χ4v) is 14.3. The molecule has 0 saturated carbocycles. The van der Waals surface area contributed by atoms with Crippen LogP contribution in [0.5, 0.6) is 11.6 Å². The molecule has 0 radical (unpaired) electrons. The normalized spacial score (nSPS) is 13.2. The van der Waals surface area contributed by atoms with Gasteiger partial charge in [-0.25, -0.2) is 9.97 Å². The van der Waals surface area contributed by atoms with Gasteiger partial charge in [-0.2, -0.15) is 60.9 Å². The van der Waals surface area contributed by atoms with Crippen LogP contribution < -0.4 is 4.74 Å². The first-order valence-electron chi connectivity index (χ1n) is 22.8. The number of hydrogen-bond acceptors (Lipinski definition) is 26. The number of imidazole rings is 1. The van der Waals surface area contributed by atoms with Gasteiger partial charge in [0.25, 0.3) is 60.7 Å². The highest BCUT2D eigenvalue weighted by Gasteiger charge is 2.30. The summed E-state index contributed by atoms with van der Waals surface area (Å²) in [5.41, 5.74) is -2.48. The fraction of sp³-hybridized carbons (Fsp3) is 0.182. The summed E-state index contributed by atoms with van der Waals surface area (Å²) in [7, 11) is -29.8. The number of rotatable bonds is 21. The van der Waals surface area contributed by atoms with Gasteiger partial charge in [0.1, 0.15) is 49.0 Å². The number of nitrogens with zero attached hydrogens (tertiary/aromatic N) is 10. The number of aromatic hydroxyl groups is 1. The minimum absolute atomic E-state index is 0.00392. The fourth-order valence-electron chi connectivity index (χ4n) is 8.01. The molecule has 0 spiro atoms. The van der Waals surface area contributed by atoms with Gasteiger partial charge < -0.3 is 9.84 Å². The first-order chi connectivity index (χ1) is 39.0. The number of thiazole rings is 1. The zero-order chi connectivity index (χ0) is 61.8. The monoisotopic (exact) mass is 1330 g/mol. The van der Waals surface area contributed by atoms with Crippen molar-refractivity contribution in [3.8, 4) is 17.7 Å². The molecule has 8 aromatic rings. The second-order valence-corrected chi connectivity index (χ2v) is 28.7. The van der Waals surface area contributed by atoms with E-state index in [1.165, 1.54) is 38.1 Å². The minimum Gasteiger partial charge on any atom is -0.493 e. The number of thioether (sulfide) groups is 1. The molecule has 0 amide bonds. The number of carbonyl (C=O) groups excluding carboxylic acids is 1. The van der Waals surface area contributed by atoms with Crippen LogP contribution in [0.2, 0.25) is 5.02 Å². The van der Waals surface area contributed by atoms with Crippen molar-refractivity contribution >= 4 is 173 Å². The van der Waals surface area contributed by atoms with E-state index in [1.54, 1.807) is 0 Å². The SMILES string of the molecule is Cc1cc(N=Nc2c(C)c(C#N)c3nc4ccc(Cl)c(S(=O)(=O)O)c4n3c2O)c(OCCCS(=O)(=O)O)cc1N=Nc1cc(C=O)c(N=Nc2nc3c(S(=O)(=O)O)cc4c(S(=O)(=O)O)cc(S(=O)(=O)O)cc4c3s2)cc1SCCCS(=O)(=O)O. The maximum absolute atomic E-state index is 12.7. The predicted molar refractivity (Wildman–Crippen MR) is 299 cm³/mol. The number of carbonyl (C=O) groups is 1. The number of aromatic nitrogens is 3. The van der Waals surface area contributed by atoms with E-state index in [0.717, 1.165) is 34.4 Å². The van der Waals surface area contributed by atoms with Gasteiger partial charge in [0.05, 0.1) is 55.1 Å². The third-order valence-electron chi connectivity index (χ3n) is 11.7. The molecule has 0 aliphatic carbocycles. The lowest BCUT2D eigenvalue weighted by Gasteiger charge is -2.12. The van der Waals surface area contributed by atoms with Crippen molar-refractivity contribution in [2.24, 2.45) is 30.7 Å². The summed E-state index contributed by atoms with van der Waals surface area (Å²) in [5, 5.41) is 45.0. The van der Waals surface area contributed by atoms with E-state index in [1.807, 2.05) is 6.07 Å². The third-order valence-corrected chi connectivity index (χ3v) is 19.4. The Morgan fingerprint density at radius 1 is 0.714 bits per heavy atom. The first-order valence-corrected chi connectivity index (χ1v) is 33.9. The van der Waals surface area contributed by atoms with Crippen molar-refractivity contribution in [1.29, 1.82) is 5.26 Å². The number of pyridine rings is 1. The average Bonchev–Trinajstić information content (AvgIpc) is 1.54. The molecular formula is C44H35ClN10O21S8. The van der Waals surface area contributed by atoms with Crippen molar-refractivity contribution in [2.45, 2.75) is 51.2 Å². The van der Waals surface area contributed by atoms with Gasteiger partial charge in [-0.3, -0.25) is 36.5 Å². The molecule has 3 aromatic heterocycles. The predicted octanol–water partition coefficient (Wildman–Crippen LogP) is 9.17. The molecule has 0 aliphatic heterocycles. The zero-order valence-electron chi connectivity index (χ0n) is 42.0. The lowest BCUT2D eigenvalue weighted by Crippen LogP contribution is -2.08. The van der Waals surface area contributed by atoms with E-state index >= 15 is 0 Å². The van der Waals surface area contributed by atoms with Gasteiger partial charge in [-0.15, -0.1) is 37.3 Å². The second-order valence-electron chi connectivity index (χ2n) is 17.4. The summed E-state index contributed by atoms with van der Waals surface area (Å²) in [6.45, 7) is 2.48. The number of fused-ring (bicyclic) bond motifs is 6. The van der Waals surface area contributed by atoms with Crippen molar-refractivity contribution < 1.29 is 92.5 Å². The van der Waals surface area contributed by atoms with E-state index in [0.29, 0.717) is 29.8 Å². The molecule has 0 unspecified atom stereocenters.